The molecule has 6 atom stereocenters. The summed E-state index contributed by atoms with van der Waals surface area (Å²) < 4.78 is 0. The second-order valence-electron chi connectivity index (χ2n) is 16.3. The monoisotopic (exact) mass is 640 g/mol. The summed E-state index contributed by atoms with van der Waals surface area (Å²) in [6.45, 7) is 15.1. The van der Waals surface area contributed by atoms with Crippen LogP contribution in [0.15, 0.2) is 29.4 Å². The van der Waals surface area contributed by atoms with Gasteiger partial charge in [-0.05, 0) is 80.6 Å². The van der Waals surface area contributed by atoms with E-state index in [2.05, 4.69) is 52.5 Å². The molecule has 9 heteroatoms. The number of allylic oxidation sites excluding steroid dienone is 4. The largest absolute Gasteiger partial charge is 0.356 e. The Kier molecular flexibility index (Phi) is 7.85. The van der Waals surface area contributed by atoms with E-state index in [4.69, 9.17) is 9.97 Å². The Hall–Kier alpha value is -3.07. The van der Waals surface area contributed by atoms with Crippen molar-refractivity contribution in [3.05, 3.63) is 29.4 Å². The van der Waals surface area contributed by atoms with E-state index in [1.54, 1.807) is 6.08 Å². The van der Waals surface area contributed by atoms with Crippen LogP contribution in [-0.2, 0) is 14.4 Å². The molecule has 2 saturated carbocycles. The van der Waals surface area contributed by atoms with Crippen LogP contribution in [0.4, 0.5) is 17.6 Å². The molecule has 47 heavy (non-hydrogen) atoms. The zero-order chi connectivity index (χ0) is 32.5. The van der Waals surface area contributed by atoms with Crippen LogP contribution in [0.2, 0.25) is 0 Å². The van der Waals surface area contributed by atoms with Gasteiger partial charge in [0.25, 0.3) is 0 Å². The van der Waals surface area contributed by atoms with E-state index in [0.29, 0.717) is 36.5 Å². The molecule has 1 aromatic heterocycles. The first kappa shape index (κ1) is 31.2. The van der Waals surface area contributed by atoms with Crippen molar-refractivity contribution in [2.75, 3.05) is 73.6 Å². The lowest BCUT2D eigenvalue weighted by Gasteiger charge is -2.53. The molecule has 1 aromatic rings. The van der Waals surface area contributed by atoms with E-state index in [1.807, 2.05) is 0 Å². The first-order valence-electron chi connectivity index (χ1n) is 18.5. The molecular weight excluding hydrogens is 588 g/mol. The minimum Gasteiger partial charge on any atom is -0.356 e. The molecule has 9 nitrogen and oxygen atoms in total. The van der Waals surface area contributed by atoms with Gasteiger partial charge in [-0.1, -0.05) is 38.0 Å². The Labute approximate surface area is 279 Å². The molecule has 7 aliphatic rings. The normalized spacial score (nSPS) is 35.9. The highest BCUT2D eigenvalue weighted by Gasteiger charge is 2.60. The van der Waals surface area contributed by atoms with E-state index in [0.717, 1.165) is 101 Å². The SMILES string of the molecule is C[C@@H]1C[C@H]2[C@@H]3CCC4=CC(=O)C(=O)C[C@]4(C)C3=CC[C@]2(C)[C@H]1C(=O)CN1CCN(c2cc(N3CCCC3)nc(N3CCCC3)n2)CC1. The zero-order valence-corrected chi connectivity index (χ0v) is 28.7. The van der Waals surface area contributed by atoms with Crippen LogP contribution in [-0.4, -0.2) is 91.1 Å². The second kappa shape index (κ2) is 11.8. The van der Waals surface area contributed by atoms with Crippen LogP contribution in [0.25, 0.3) is 0 Å². The lowest BCUT2D eigenvalue weighted by Crippen LogP contribution is -2.51. The third-order valence-electron chi connectivity index (χ3n) is 13.5. The summed E-state index contributed by atoms with van der Waals surface area (Å²) in [5, 5.41) is 0. The van der Waals surface area contributed by atoms with Gasteiger partial charge in [-0.2, -0.15) is 9.97 Å². The van der Waals surface area contributed by atoms with Crippen molar-refractivity contribution in [3.63, 3.8) is 0 Å². The highest BCUT2D eigenvalue weighted by molar-refractivity contribution is 6.42. The molecule has 3 saturated heterocycles. The third-order valence-corrected chi connectivity index (χ3v) is 13.5. The van der Waals surface area contributed by atoms with E-state index >= 15 is 0 Å². The molecule has 5 fully saturated rings. The van der Waals surface area contributed by atoms with Crippen LogP contribution in [0.1, 0.15) is 78.6 Å². The molecule has 3 aliphatic heterocycles. The molecular formula is C38H52N6O3. The van der Waals surface area contributed by atoms with Gasteiger partial charge in [-0.25, -0.2) is 0 Å². The first-order valence-corrected chi connectivity index (χ1v) is 18.5. The van der Waals surface area contributed by atoms with Crippen molar-refractivity contribution in [1.29, 1.82) is 0 Å². The van der Waals surface area contributed by atoms with Gasteiger partial charge in [0.15, 0.2) is 5.78 Å². The topological polar surface area (TPSA) is 90.0 Å². The van der Waals surface area contributed by atoms with Gasteiger partial charge in [-0.15, -0.1) is 0 Å². The van der Waals surface area contributed by atoms with Gasteiger partial charge in [-0.3, -0.25) is 19.3 Å². The molecule has 0 N–H and O–H groups in total. The average molecular weight is 641 g/mol. The Balaban J connectivity index is 0.949. The predicted molar refractivity (Wildman–Crippen MR) is 184 cm³/mol. The highest BCUT2D eigenvalue weighted by Crippen LogP contribution is 2.65. The fraction of sp³-hybridized carbons (Fsp3) is 0.711. The van der Waals surface area contributed by atoms with Gasteiger partial charge >= 0.3 is 0 Å². The Morgan fingerprint density at radius 1 is 0.894 bits per heavy atom. The minimum absolute atomic E-state index is 0.0514. The summed E-state index contributed by atoms with van der Waals surface area (Å²) in [6, 6.07) is 2.20. The summed E-state index contributed by atoms with van der Waals surface area (Å²) in [5.74, 6) is 4.04. The number of rotatable bonds is 6. The maximum atomic E-state index is 14.3. The highest BCUT2D eigenvalue weighted by atomic mass is 16.2. The molecule has 0 radical (unpaired) electrons. The van der Waals surface area contributed by atoms with E-state index < -0.39 is 0 Å². The van der Waals surface area contributed by atoms with Gasteiger partial charge < -0.3 is 14.7 Å². The number of nitrogens with zero attached hydrogens (tertiary/aromatic N) is 6. The quantitative estimate of drug-likeness (QED) is 0.320. The zero-order valence-electron chi connectivity index (χ0n) is 28.7. The van der Waals surface area contributed by atoms with E-state index in [1.165, 1.54) is 31.3 Å². The number of hydrogen-bond donors (Lipinski definition) is 0. The number of aromatic nitrogens is 2. The van der Waals surface area contributed by atoms with E-state index in [-0.39, 0.29) is 28.3 Å². The van der Waals surface area contributed by atoms with Crippen LogP contribution >= 0.6 is 0 Å². The number of piperazine rings is 1. The van der Waals surface area contributed by atoms with E-state index in [9.17, 15) is 14.4 Å². The smallest absolute Gasteiger partial charge is 0.229 e. The van der Waals surface area contributed by atoms with Crippen LogP contribution in [0.5, 0.6) is 0 Å². The lowest BCUT2D eigenvalue weighted by molar-refractivity contribution is -0.135. The van der Waals surface area contributed by atoms with Crippen molar-refractivity contribution in [3.8, 4) is 0 Å². The fourth-order valence-electron chi connectivity index (χ4n) is 11.0. The molecule has 0 amide bonds. The molecule has 252 valence electrons. The Bertz CT molecular complexity index is 1480. The minimum atomic E-state index is -0.325. The van der Waals surface area contributed by atoms with Crippen LogP contribution in [0.3, 0.4) is 0 Å². The van der Waals surface area contributed by atoms with Crippen LogP contribution in [0, 0.1) is 34.5 Å². The van der Waals surface area contributed by atoms with Gasteiger partial charge in [0.05, 0.1) is 6.54 Å². The maximum absolute atomic E-state index is 14.3. The summed E-state index contributed by atoms with van der Waals surface area (Å²) in [4.78, 5) is 58.7. The maximum Gasteiger partial charge on any atom is 0.229 e. The third kappa shape index (κ3) is 5.26. The average Bonchev–Trinajstić information content (AvgIpc) is 3.83. The second-order valence-corrected chi connectivity index (χ2v) is 16.3. The number of fused-ring (bicyclic) bond motifs is 5. The number of carbonyl (C=O) groups excluding carboxylic acids is 3. The number of ketones is 3. The Morgan fingerprint density at radius 2 is 1.53 bits per heavy atom. The summed E-state index contributed by atoms with van der Waals surface area (Å²) in [7, 11) is 0. The predicted octanol–water partition coefficient (Wildman–Crippen LogP) is 4.86. The first-order chi connectivity index (χ1) is 22.6. The lowest BCUT2D eigenvalue weighted by atomic mass is 9.51. The van der Waals surface area contributed by atoms with Gasteiger partial charge in [0.2, 0.25) is 17.5 Å². The fourth-order valence-corrected chi connectivity index (χ4v) is 11.0. The van der Waals surface area contributed by atoms with Crippen molar-refractivity contribution in [1.82, 2.24) is 14.9 Å². The molecule has 4 heterocycles. The summed E-state index contributed by atoms with van der Waals surface area (Å²) >= 11 is 0. The van der Waals surface area contributed by atoms with Gasteiger partial charge in [0.1, 0.15) is 11.6 Å². The van der Waals surface area contributed by atoms with Crippen molar-refractivity contribution >= 4 is 34.9 Å². The molecule has 0 aromatic carbocycles. The molecule has 4 aliphatic carbocycles. The van der Waals surface area contributed by atoms with Crippen molar-refractivity contribution in [2.45, 2.75) is 78.6 Å². The summed E-state index contributed by atoms with van der Waals surface area (Å²) in [6.07, 6.45) is 13.1. The number of anilines is 3. The summed E-state index contributed by atoms with van der Waals surface area (Å²) in [5.41, 5.74) is 2.14. The van der Waals surface area contributed by atoms with Gasteiger partial charge in [0, 0.05) is 76.2 Å². The van der Waals surface area contributed by atoms with Crippen LogP contribution < -0.4 is 14.7 Å². The van der Waals surface area contributed by atoms with Crippen molar-refractivity contribution in [2.24, 2.45) is 34.5 Å². The molecule has 0 unspecified atom stereocenters. The number of Topliss-reactive ketones (excluding diaryl/α,β-unsaturated/α-hetero) is 2. The Morgan fingerprint density at radius 3 is 2.21 bits per heavy atom. The molecule has 0 spiro atoms. The molecule has 8 rings (SSSR count). The molecule has 0 bridgehead atoms. The number of carbonyl (C=O) groups is 3. The standard InChI is InChI=1S/C38H52N6O3/c1-25-20-29-27-9-8-26-21-30(45)31(46)23-38(26,3)28(27)10-11-37(29,2)35(25)32(47)24-41-16-18-43(19-17-41)34-22-33(42-12-4-5-13-42)39-36(40-34)44-14-6-7-15-44/h10,21-22,25,27,29,35H,4-9,11-20,23-24H2,1-3H3/t25-,27-,29+,35-,37+,38+/m1/s1. The van der Waals surface area contributed by atoms with Crippen molar-refractivity contribution < 1.29 is 14.4 Å². The number of hydrogen-bond acceptors (Lipinski definition) is 9.